The van der Waals surface area contributed by atoms with Crippen LogP contribution in [0.5, 0.6) is 0 Å². The molecule has 0 unspecified atom stereocenters. The number of rotatable bonds is 8. The molecule has 0 saturated carbocycles. The first kappa shape index (κ1) is 18.6. The van der Waals surface area contributed by atoms with Crippen molar-refractivity contribution in [2.45, 2.75) is 23.6 Å². The minimum atomic E-state index is -0.374. The molecule has 0 aliphatic carbocycles. The highest BCUT2D eigenvalue weighted by molar-refractivity contribution is 8.00. The van der Waals surface area contributed by atoms with E-state index in [0.717, 1.165) is 15.5 Å². The number of anilines is 1. The third kappa shape index (κ3) is 4.05. The van der Waals surface area contributed by atoms with Gasteiger partial charge in [-0.05, 0) is 25.1 Å². The molecule has 144 valence electrons. The largest absolute Gasteiger partial charge is 0.467 e. The molecule has 0 aliphatic heterocycles. The van der Waals surface area contributed by atoms with Gasteiger partial charge < -0.3 is 18.9 Å². The molecule has 28 heavy (non-hydrogen) atoms. The Labute approximate surface area is 169 Å². The number of furan rings is 2. The second-order valence-corrected chi connectivity index (χ2v) is 7.91. The maximum Gasteiger partial charge on any atom is 0.342 e. The molecule has 3 aromatic heterocycles. The number of thioether (sulfide) groups is 1. The quantitative estimate of drug-likeness (QED) is 0.319. The summed E-state index contributed by atoms with van der Waals surface area (Å²) in [6, 6.07) is 11.2. The van der Waals surface area contributed by atoms with Crippen LogP contribution in [0.1, 0.15) is 28.8 Å². The van der Waals surface area contributed by atoms with Crippen LogP contribution in [-0.4, -0.2) is 22.8 Å². The van der Waals surface area contributed by atoms with Crippen molar-refractivity contribution in [3.05, 3.63) is 59.7 Å². The van der Waals surface area contributed by atoms with Crippen LogP contribution in [0, 0.1) is 0 Å². The number of hydrogen-bond donors (Lipinski definition) is 1. The molecule has 4 aromatic rings. The number of carbonyl (C=O) groups is 1. The smallest absolute Gasteiger partial charge is 0.342 e. The van der Waals surface area contributed by atoms with Gasteiger partial charge in [0.2, 0.25) is 5.13 Å². The molecule has 0 aliphatic rings. The van der Waals surface area contributed by atoms with Gasteiger partial charge >= 0.3 is 5.97 Å². The van der Waals surface area contributed by atoms with Crippen LogP contribution in [-0.2, 0) is 17.0 Å². The number of hydrogen-bond acceptors (Lipinski definition) is 9. The van der Waals surface area contributed by atoms with Crippen molar-refractivity contribution in [1.29, 1.82) is 0 Å². The Balaban J connectivity index is 1.47. The summed E-state index contributed by atoms with van der Waals surface area (Å²) >= 11 is 2.90. The lowest BCUT2D eigenvalue weighted by atomic mass is 10.1. The van der Waals surface area contributed by atoms with E-state index in [1.807, 2.05) is 36.4 Å². The maximum absolute atomic E-state index is 12.4. The standard InChI is InChI=1S/C19H17N3O4S2/c1-2-24-17(23)16-13-7-3-4-8-14(13)26-15(16)11-27-19-22-21-18(28-19)20-10-12-6-5-9-25-12/h3-9H,2,10-11H2,1H3,(H,20,21). The van der Waals surface area contributed by atoms with Crippen LogP contribution in [0.25, 0.3) is 11.0 Å². The molecule has 0 bridgehead atoms. The Morgan fingerprint density at radius 3 is 2.96 bits per heavy atom. The lowest BCUT2D eigenvalue weighted by molar-refractivity contribution is 0.0526. The van der Waals surface area contributed by atoms with E-state index in [4.69, 9.17) is 13.6 Å². The Morgan fingerprint density at radius 2 is 2.14 bits per heavy atom. The van der Waals surface area contributed by atoms with Gasteiger partial charge in [-0.3, -0.25) is 0 Å². The number of ether oxygens (including phenoxy) is 1. The van der Waals surface area contributed by atoms with Gasteiger partial charge in [0.15, 0.2) is 4.34 Å². The van der Waals surface area contributed by atoms with E-state index in [1.165, 1.54) is 23.1 Å². The van der Waals surface area contributed by atoms with E-state index in [9.17, 15) is 4.79 Å². The number of esters is 1. The fourth-order valence-electron chi connectivity index (χ4n) is 2.67. The van der Waals surface area contributed by atoms with Crippen LogP contribution < -0.4 is 5.32 Å². The first-order valence-corrected chi connectivity index (χ1v) is 10.4. The number of nitrogens with one attached hydrogen (secondary N) is 1. The molecular weight excluding hydrogens is 398 g/mol. The molecular formula is C19H17N3O4S2. The lowest BCUT2D eigenvalue weighted by Crippen LogP contribution is -2.06. The van der Waals surface area contributed by atoms with Crippen molar-refractivity contribution in [3.8, 4) is 0 Å². The van der Waals surface area contributed by atoms with Gasteiger partial charge in [-0.1, -0.05) is 41.3 Å². The molecule has 7 nitrogen and oxygen atoms in total. The molecule has 0 spiro atoms. The van der Waals surface area contributed by atoms with Crippen LogP contribution in [0.2, 0.25) is 0 Å². The fourth-order valence-corrected chi connectivity index (χ4v) is 4.35. The van der Waals surface area contributed by atoms with Gasteiger partial charge in [-0.2, -0.15) is 0 Å². The Bertz CT molecular complexity index is 1070. The highest BCUT2D eigenvalue weighted by Gasteiger charge is 2.22. The van der Waals surface area contributed by atoms with Gasteiger partial charge in [0.1, 0.15) is 22.7 Å². The van der Waals surface area contributed by atoms with Crippen LogP contribution in [0.3, 0.4) is 0 Å². The van der Waals surface area contributed by atoms with Gasteiger partial charge in [0, 0.05) is 5.39 Å². The number of fused-ring (bicyclic) bond motifs is 1. The molecule has 1 aromatic carbocycles. The van der Waals surface area contributed by atoms with E-state index in [0.29, 0.717) is 40.9 Å². The number of aromatic nitrogens is 2. The Kier molecular flexibility index (Phi) is 5.63. The van der Waals surface area contributed by atoms with Crippen LogP contribution in [0.15, 0.2) is 55.8 Å². The van der Waals surface area contributed by atoms with E-state index in [1.54, 1.807) is 13.2 Å². The molecule has 4 rings (SSSR count). The van der Waals surface area contributed by atoms with E-state index < -0.39 is 0 Å². The van der Waals surface area contributed by atoms with Crippen LogP contribution in [0.4, 0.5) is 5.13 Å². The highest BCUT2D eigenvalue weighted by Crippen LogP contribution is 2.33. The topological polar surface area (TPSA) is 90.4 Å². The summed E-state index contributed by atoms with van der Waals surface area (Å²) in [5.41, 5.74) is 1.14. The zero-order chi connectivity index (χ0) is 19.3. The second kappa shape index (κ2) is 8.49. The van der Waals surface area contributed by atoms with Gasteiger partial charge in [-0.15, -0.1) is 10.2 Å². The molecule has 0 saturated heterocycles. The van der Waals surface area contributed by atoms with E-state index in [-0.39, 0.29) is 5.97 Å². The molecule has 0 atom stereocenters. The molecule has 0 fully saturated rings. The van der Waals surface area contributed by atoms with Crippen LogP contribution >= 0.6 is 23.1 Å². The summed E-state index contributed by atoms with van der Waals surface area (Å²) in [6.45, 7) is 2.64. The first-order valence-electron chi connectivity index (χ1n) is 8.64. The van der Waals surface area contributed by atoms with E-state index in [2.05, 4.69) is 15.5 Å². The predicted molar refractivity (Wildman–Crippen MR) is 108 cm³/mol. The summed E-state index contributed by atoms with van der Waals surface area (Å²) < 4.78 is 17.2. The summed E-state index contributed by atoms with van der Waals surface area (Å²) in [7, 11) is 0. The number of nitrogens with zero attached hydrogens (tertiary/aromatic N) is 2. The van der Waals surface area contributed by atoms with Crippen molar-refractivity contribution in [3.63, 3.8) is 0 Å². The molecule has 3 heterocycles. The molecule has 0 radical (unpaired) electrons. The van der Waals surface area contributed by atoms with Crippen molar-refractivity contribution < 1.29 is 18.4 Å². The van der Waals surface area contributed by atoms with E-state index >= 15 is 0 Å². The summed E-state index contributed by atoms with van der Waals surface area (Å²) in [4.78, 5) is 12.4. The van der Waals surface area contributed by atoms with Gasteiger partial charge in [0.25, 0.3) is 0 Å². The van der Waals surface area contributed by atoms with Crippen molar-refractivity contribution in [2.24, 2.45) is 0 Å². The fraction of sp³-hybridized carbons (Fsp3) is 0.211. The summed E-state index contributed by atoms with van der Waals surface area (Å²) in [5, 5.41) is 12.9. The monoisotopic (exact) mass is 415 g/mol. The zero-order valence-electron chi connectivity index (χ0n) is 15.0. The van der Waals surface area contributed by atoms with Crippen molar-refractivity contribution in [1.82, 2.24) is 10.2 Å². The first-order chi connectivity index (χ1) is 13.7. The number of carbonyl (C=O) groups excluding carboxylic acids is 1. The lowest BCUT2D eigenvalue weighted by Gasteiger charge is -2.02. The second-order valence-electron chi connectivity index (χ2n) is 5.71. The zero-order valence-corrected chi connectivity index (χ0v) is 16.6. The number of benzene rings is 1. The minimum Gasteiger partial charge on any atom is -0.467 e. The molecule has 1 N–H and O–H groups in total. The maximum atomic E-state index is 12.4. The normalized spacial score (nSPS) is 11.0. The SMILES string of the molecule is CCOC(=O)c1c(CSc2nnc(NCc3ccco3)s2)oc2ccccc12. The van der Waals surface area contributed by atoms with Gasteiger partial charge in [0.05, 0.1) is 25.2 Å². The van der Waals surface area contributed by atoms with Crippen molar-refractivity contribution >= 4 is 45.2 Å². The number of para-hydroxylation sites is 1. The average molecular weight is 415 g/mol. The predicted octanol–water partition coefficient (Wildman–Crippen LogP) is 4.96. The summed E-state index contributed by atoms with van der Waals surface area (Å²) in [6.07, 6.45) is 1.63. The Morgan fingerprint density at radius 1 is 1.25 bits per heavy atom. The third-order valence-electron chi connectivity index (χ3n) is 3.88. The van der Waals surface area contributed by atoms with Crippen molar-refractivity contribution in [2.75, 3.05) is 11.9 Å². The highest BCUT2D eigenvalue weighted by atomic mass is 32.2. The minimum absolute atomic E-state index is 0.312. The summed E-state index contributed by atoms with van der Waals surface area (Å²) in [5.74, 6) is 1.48. The third-order valence-corrected chi connectivity index (χ3v) is 5.89. The molecule has 0 amide bonds. The molecule has 9 heteroatoms. The van der Waals surface area contributed by atoms with Gasteiger partial charge in [-0.25, -0.2) is 4.79 Å². The average Bonchev–Trinajstić information content (AvgIpc) is 3.43. The Hall–Kier alpha value is -2.78.